The molecule has 1 aliphatic carbocycles. The first-order chi connectivity index (χ1) is 14.7. The molecule has 0 radical (unpaired) electrons. The second kappa shape index (κ2) is 7.88. The van der Waals surface area contributed by atoms with E-state index in [0.29, 0.717) is 11.6 Å². The lowest BCUT2D eigenvalue weighted by Gasteiger charge is -2.17. The zero-order valence-corrected chi connectivity index (χ0v) is 16.8. The van der Waals surface area contributed by atoms with Crippen LogP contribution in [0.3, 0.4) is 0 Å². The summed E-state index contributed by atoms with van der Waals surface area (Å²) in [7, 11) is 0. The van der Waals surface area contributed by atoms with Crippen LogP contribution in [-0.4, -0.2) is 21.1 Å². The highest BCUT2D eigenvalue weighted by atomic mass is 16.1. The fraction of sp³-hybridized carbons (Fsp3) is 0.391. The lowest BCUT2D eigenvalue weighted by atomic mass is 10.0. The Morgan fingerprint density at radius 3 is 2.87 bits per heavy atom. The van der Waals surface area contributed by atoms with Crippen molar-refractivity contribution < 1.29 is 0 Å². The molecule has 2 aliphatic rings. The van der Waals surface area contributed by atoms with Crippen LogP contribution in [0.4, 0.5) is 11.6 Å². The molecule has 3 aromatic rings. The van der Waals surface area contributed by atoms with Crippen LogP contribution in [0, 0.1) is 11.3 Å². The Balaban J connectivity index is 1.55. The van der Waals surface area contributed by atoms with Crippen molar-refractivity contribution in [2.75, 3.05) is 11.9 Å². The molecule has 0 atom stereocenters. The topological polar surface area (TPSA) is 95.6 Å². The minimum Gasteiger partial charge on any atom is -0.324 e. The average Bonchev–Trinajstić information content (AvgIpc) is 3.18. The maximum absolute atomic E-state index is 12.9. The van der Waals surface area contributed by atoms with Crippen LogP contribution in [0.25, 0.3) is 11.0 Å². The molecule has 0 unspecified atom stereocenters. The molecule has 0 bridgehead atoms. The summed E-state index contributed by atoms with van der Waals surface area (Å²) in [5, 5.41) is 16.9. The highest BCUT2D eigenvalue weighted by molar-refractivity contribution is 5.77. The number of fused-ring (bicyclic) bond motifs is 2. The first kappa shape index (κ1) is 18.8. The first-order valence-corrected chi connectivity index (χ1v) is 10.6. The van der Waals surface area contributed by atoms with Crippen molar-refractivity contribution in [3.63, 3.8) is 0 Å². The molecule has 3 heterocycles. The molecule has 2 aromatic heterocycles. The van der Waals surface area contributed by atoms with E-state index in [0.717, 1.165) is 62.7 Å². The number of aromatic nitrogens is 3. The third-order valence-corrected chi connectivity index (χ3v) is 6.16. The van der Waals surface area contributed by atoms with Crippen LogP contribution in [-0.2, 0) is 13.0 Å². The molecular weight excluding hydrogens is 376 g/mol. The summed E-state index contributed by atoms with van der Waals surface area (Å²) in [4.78, 5) is 22.1. The van der Waals surface area contributed by atoms with E-state index < -0.39 is 0 Å². The Labute approximate surface area is 174 Å². The zero-order chi connectivity index (χ0) is 20.5. The number of aryl methyl sites for hydroxylation is 1. The molecular formula is C23H24N6O. The molecule has 152 valence electrons. The van der Waals surface area contributed by atoms with Gasteiger partial charge in [0.05, 0.1) is 0 Å². The normalized spacial score (nSPS) is 16.8. The number of rotatable bonds is 3. The van der Waals surface area contributed by atoms with Crippen molar-refractivity contribution in [3.05, 3.63) is 57.5 Å². The van der Waals surface area contributed by atoms with Gasteiger partial charge in [0, 0.05) is 29.9 Å². The van der Waals surface area contributed by atoms with E-state index in [-0.39, 0.29) is 17.2 Å². The Hall–Kier alpha value is -3.24. The summed E-state index contributed by atoms with van der Waals surface area (Å²) in [5.41, 5.74) is 4.10. The molecule has 2 N–H and O–H groups in total. The Bertz CT molecular complexity index is 1200. The van der Waals surface area contributed by atoms with E-state index in [1.165, 1.54) is 11.1 Å². The van der Waals surface area contributed by atoms with Gasteiger partial charge in [-0.2, -0.15) is 10.2 Å². The molecule has 1 aromatic carbocycles. The smallest absolute Gasteiger partial charge is 0.270 e. The van der Waals surface area contributed by atoms with Crippen molar-refractivity contribution >= 4 is 22.7 Å². The number of anilines is 2. The summed E-state index contributed by atoms with van der Waals surface area (Å²) in [6, 6.07) is 10.1. The van der Waals surface area contributed by atoms with Crippen molar-refractivity contribution in [2.24, 2.45) is 0 Å². The van der Waals surface area contributed by atoms with Crippen LogP contribution < -0.4 is 16.2 Å². The highest BCUT2D eigenvalue weighted by Gasteiger charge is 2.22. The van der Waals surface area contributed by atoms with Gasteiger partial charge in [0.1, 0.15) is 17.3 Å². The molecule has 0 amide bonds. The van der Waals surface area contributed by atoms with Crippen molar-refractivity contribution in [3.8, 4) is 6.07 Å². The van der Waals surface area contributed by atoms with Crippen LogP contribution in [0.2, 0.25) is 0 Å². The predicted molar refractivity (Wildman–Crippen MR) is 116 cm³/mol. The fourth-order valence-corrected chi connectivity index (χ4v) is 4.63. The SMILES string of the molecule is N#Cc1cc2cnc(Nc3ccc4c(c3)CNCCC4)nc2n(C2CCCC2)c1=O. The minimum absolute atomic E-state index is 0.0922. The van der Waals surface area contributed by atoms with Crippen LogP contribution in [0.5, 0.6) is 0 Å². The number of benzene rings is 1. The summed E-state index contributed by atoms with van der Waals surface area (Å²) in [6.45, 7) is 1.90. The molecule has 7 nitrogen and oxygen atoms in total. The molecule has 1 saturated carbocycles. The van der Waals surface area contributed by atoms with Gasteiger partial charge >= 0.3 is 0 Å². The standard InChI is InChI=1S/C23H24N6O/c24-12-16-10-18-14-26-23(28-21(18)29(22(16)30)20-5-1-2-6-20)27-19-8-7-15-4-3-9-25-13-17(15)11-19/h7-8,10-11,14,20,25H,1-6,9,13H2,(H,26,27,28). The van der Waals surface area contributed by atoms with Gasteiger partial charge in [0.25, 0.3) is 5.56 Å². The van der Waals surface area contributed by atoms with Crippen LogP contribution in [0.1, 0.15) is 54.8 Å². The van der Waals surface area contributed by atoms with E-state index in [2.05, 4.69) is 33.8 Å². The number of nitrogens with one attached hydrogen (secondary N) is 2. The molecule has 0 spiro atoms. The summed E-state index contributed by atoms with van der Waals surface area (Å²) >= 11 is 0. The number of nitriles is 1. The third kappa shape index (κ3) is 3.44. The van der Waals surface area contributed by atoms with Crippen molar-refractivity contribution in [2.45, 2.75) is 51.1 Å². The summed E-state index contributed by atoms with van der Waals surface area (Å²) in [5.74, 6) is 0.458. The Kier molecular flexibility index (Phi) is 4.93. The molecule has 30 heavy (non-hydrogen) atoms. The fourth-order valence-electron chi connectivity index (χ4n) is 4.63. The van der Waals surface area contributed by atoms with Gasteiger partial charge in [-0.15, -0.1) is 0 Å². The van der Waals surface area contributed by atoms with E-state index >= 15 is 0 Å². The van der Waals surface area contributed by atoms with E-state index in [1.54, 1.807) is 16.8 Å². The van der Waals surface area contributed by atoms with Crippen LogP contribution in [0.15, 0.2) is 35.3 Å². The molecule has 7 heteroatoms. The zero-order valence-electron chi connectivity index (χ0n) is 16.8. The summed E-state index contributed by atoms with van der Waals surface area (Å²) < 4.78 is 1.72. The largest absolute Gasteiger partial charge is 0.324 e. The monoisotopic (exact) mass is 400 g/mol. The Morgan fingerprint density at radius 1 is 1.17 bits per heavy atom. The van der Waals surface area contributed by atoms with Gasteiger partial charge in [-0.3, -0.25) is 9.36 Å². The second-order valence-corrected chi connectivity index (χ2v) is 8.14. The van der Waals surface area contributed by atoms with Gasteiger partial charge in [-0.1, -0.05) is 18.9 Å². The van der Waals surface area contributed by atoms with Gasteiger partial charge < -0.3 is 10.6 Å². The first-order valence-electron chi connectivity index (χ1n) is 10.6. The predicted octanol–water partition coefficient (Wildman–Crippen LogP) is 3.56. The number of hydrogen-bond donors (Lipinski definition) is 2. The van der Waals surface area contributed by atoms with E-state index in [1.807, 2.05) is 6.07 Å². The van der Waals surface area contributed by atoms with Crippen LogP contribution >= 0.6 is 0 Å². The van der Waals surface area contributed by atoms with Gasteiger partial charge in [-0.05, 0) is 61.6 Å². The number of pyridine rings is 1. The maximum atomic E-state index is 12.9. The highest BCUT2D eigenvalue weighted by Crippen LogP contribution is 2.31. The number of hydrogen-bond acceptors (Lipinski definition) is 6. The molecule has 0 saturated heterocycles. The summed E-state index contributed by atoms with van der Waals surface area (Å²) in [6.07, 6.45) is 7.99. The average molecular weight is 400 g/mol. The lowest BCUT2D eigenvalue weighted by molar-refractivity contribution is 0.515. The van der Waals surface area contributed by atoms with E-state index in [9.17, 15) is 10.1 Å². The quantitative estimate of drug-likeness (QED) is 0.698. The van der Waals surface area contributed by atoms with Gasteiger partial charge in [-0.25, -0.2) is 4.98 Å². The molecule has 5 rings (SSSR count). The van der Waals surface area contributed by atoms with Crippen molar-refractivity contribution in [1.82, 2.24) is 19.9 Å². The third-order valence-electron chi connectivity index (χ3n) is 6.16. The van der Waals surface area contributed by atoms with Gasteiger partial charge in [0.15, 0.2) is 0 Å². The Morgan fingerprint density at radius 2 is 2.03 bits per heavy atom. The minimum atomic E-state index is -0.252. The molecule has 1 aliphatic heterocycles. The second-order valence-electron chi connectivity index (χ2n) is 8.14. The maximum Gasteiger partial charge on any atom is 0.270 e. The van der Waals surface area contributed by atoms with E-state index in [4.69, 9.17) is 4.98 Å². The number of nitrogens with zero attached hydrogens (tertiary/aromatic N) is 4. The van der Waals surface area contributed by atoms with Gasteiger partial charge in [0.2, 0.25) is 5.95 Å². The van der Waals surface area contributed by atoms with Crippen molar-refractivity contribution in [1.29, 1.82) is 5.26 Å². The molecule has 1 fully saturated rings. The lowest BCUT2D eigenvalue weighted by Crippen LogP contribution is -2.26.